The Bertz CT molecular complexity index is 633. The van der Waals surface area contributed by atoms with Crippen LogP contribution in [0.3, 0.4) is 0 Å². The molecule has 1 heterocycles. The first-order chi connectivity index (χ1) is 13.6. The van der Waals surface area contributed by atoms with Gasteiger partial charge in [-0.3, -0.25) is 4.90 Å². The summed E-state index contributed by atoms with van der Waals surface area (Å²) < 4.78 is 21.8. The zero-order chi connectivity index (χ0) is 20.4. The number of ether oxygens (including phenoxy) is 4. The molecule has 0 amide bonds. The summed E-state index contributed by atoms with van der Waals surface area (Å²) in [4.78, 5) is 7.14. The van der Waals surface area contributed by atoms with Gasteiger partial charge in [-0.1, -0.05) is 0 Å². The van der Waals surface area contributed by atoms with Crippen LogP contribution in [0.2, 0.25) is 0 Å². The van der Waals surface area contributed by atoms with Crippen LogP contribution < -0.4 is 24.8 Å². The summed E-state index contributed by atoms with van der Waals surface area (Å²) in [6.45, 7) is 9.90. The highest BCUT2D eigenvalue weighted by atomic mass is 16.5. The maximum Gasteiger partial charge on any atom is 0.203 e. The molecule has 28 heavy (non-hydrogen) atoms. The molecule has 1 aliphatic heterocycles. The molecule has 1 fully saturated rings. The maximum atomic E-state index is 5.55. The van der Waals surface area contributed by atoms with Crippen molar-refractivity contribution in [1.82, 2.24) is 15.5 Å². The summed E-state index contributed by atoms with van der Waals surface area (Å²) >= 11 is 0. The van der Waals surface area contributed by atoms with Gasteiger partial charge in [-0.2, -0.15) is 0 Å². The number of rotatable bonds is 9. The number of methoxy groups -OCH3 is 3. The zero-order valence-corrected chi connectivity index (χ0v) is 17.7. The number of nitrogens with zero attached hydrogens (tertiary/aromatic N) is 2. The monoisotopic (exact) mass is 394 g/mol. The average molecular weight is 395 g/mol. The van der Waals surface area contributed by atoms with Gasteiger partial charge < -0.3 is 29.6 Å². The third-order valence-corrected chi connectivity index (χ3v) is 4.77. The van der Waals surface area contributed by atoms with Gasteiger partial charge in [-0.25, -0.2) is 4.99 Å². The van der Waals surface area contributed by atoms with E-state index in [9.17, 15) is 0 Å². The van der Waals surface area contributed by atoms with Crippen molar-refractivity contribution >= 4 is 5.96 Å². The predicted octanol–water partition coefficient (Wildman–Crippen LogP) is 1.49. The number of aliphatic imine (C=N–C) groups is 1. The molecule has 2 N–H and O–H groups in total. The fourth-order valence-electron chi connectivity index (χ4n) is 3.19. The predicted molar refractivity (Wildman–Crippen MR) is 111 cm³/mol. The Labute approximate surface area is 168 Å². The van der Waals surface area contributed by atoms with E-state index in [-0.39, 0.29) is 0 Å². The zero-order valence-electron chi connectivity index (χ0n) is 17.7. The van der Waals surface area contributed by atoms with Crippen LogP contribution in [0, 0.1) is 0 Å². The van der Waals surface area contributed by atoms with E-state index in [1.807, 2.05) is 12.1 Å². The third kappa shape index (κ3) is 5.90. The van der Waals surface area contributed by atoms with Gasteiger partial charge in [-0.15, -0.1) is 0 Å². The van der Waals surface area contributed by atoms with Crippen molar-refractivity contribution < 1.29 is 18.9 Å². The number of morpholine rings is 1. The lowest BCUT2D eigenvalue weighted by Crippen LogP contribution is -2.49. The number of hydrogen-bond donors (Lipinski definition) is 2. The van der Waals surface area contributed by atoms with Crippen molar-refractivity contribution in [2.24, 2.45) is 4.99 Å². The van der Waals surface area contributed by atoms with Gasteiger partial charge in [-0.05, 0) is 26.0 Å². The van der Waals surface area contributed by atoms with E-state index in [1.165, 1.54) is 0 Å². The van der Waals surface area contributed by atoms with Crippen LogP contribution >= 0.6 is 0 Å². The summed E-state index contributed by atoms with van der Waals surface area (Å²) in [7, 11) is 4.84. The normalized spacial score (nSPS) is 16.4. The molecule has 0 spiro atoms. The molecule has 2 rings (SSSR count). The Balaban J connectivity index is 2.05. The number of benzene rings is 1. The minimum absolute atomic E-state index is 0.406. The summed E-state index contributed by atoms with van der Waals surface area (Å²) in [6, 6.07) is 4.22. The van der Waals surface area contributed by atoms with Gasteiger partial charge >= 0.3 is 0 Å². The fourth-order valence-corrected chi connectivity index (χ4v) is 3.19. The maximum absolute atomic E-state index is 5.55. The van der Waals surface area contributed by atoms with Gasteiger partial charge in [0.25, 0.3) is 0 Å². The Morgan fingerprint density at radius 2 is 1.82 bits per heavy atom. The van der Waals surface area contributed by atoms with Crippen LogP contribution in [0.1, 0.15) is 19.4 Å². The Hall–Kier alpha value is -2.19. The van der Waals surface area contributed by atoms with E-state index in [0.717, 1.165) is 50.9 Å². The van der Waals surface area contributed by atoms with Crippen molar-refractivity contribution in [2.45, 2.75) is 26.4 Å². The second-order valence-corrected chi connectivity index (χ2v) is 6.57. The number of hydrogen-bond acceptors (Lipinski definition) is 6. The van der Waals surface area contributed by atoms with Crippen LogP contribution in [0.5, 0.6) is 17.2 Å². The van der Waals surface area contributed by atoms with Crippen LogP contribution in [0.15, 0.2) is 17.1 Å². The molecule has 0 bridgehead atoms. The molecular formula is C20H34N4O4. The first kappa shape index (κ1) is 22.1. The van der Waals surface area contributed by atoms with Gasteiger partial charge in [0.1, 0.15) is 0 Å². The number of nitrogens with one attached hydrogen (secondary N) is 2. The first-order valence-corrected chi connectivity index (χ1v) is 9.76. The lowest BCUT2D eigenvalue weighted by atomic mass is 10.1. The summed E-state index contributed by atoms with van der Waals surface area (Å²) in [5, 5.41) is 6.73. The lowest BCUT2D eigenvalue weighted by molar-refractivity contribution is 0.0211. The highest BCUT2D eigenvalue weighted by molar-refractivity contribution is 5.79. The second-order valence-electron chi connectivity index (χ2n) is 6.57. The molecule has 0 aliphatic carbocycles. The summed E-state index contributed by atoms with van der Waals surface area (Å²) in [5.41, 5.74) is 0.929. The fraction of sp³-hybridized carbons (Fsp3) is 0.650. The van der Waals surface area contributed by atoms with Crippen LogP contribution in [-0.4, -0.2) is 77.6 Å². The molecule has 8 heteroatoms. The van der Waals surface area contributed by atoms with Crippen molar-refractivity contribution in [1.29, 1.82) is 0 Å². The summed E-state index contributed by atoms with van der Waals surface area (Å²) in [6.07, 6.45) is 0. The summed E-state index contributed by atoms with van der Waals surface area (Å²) in [5.74, 6) is 2.63. The van der Waals surface area contributed by atoms with Crippen LogP contribution in [0.4, 0.5) is 0 Å². The Kier molecular flexibility index (Phi) is 9.16. The second kappa shape index (κ2) is 11.6. The molecule has 1 aliphatic rings. The molecule has 0 aromatic heterocycles. The van der Waals surface area contributed by atoms with Crippen molar-refractivity contribution in [2.75, 3.05) is 60.7 Å². The smallest absolute Gasteiger partial charge is 0.203 e. The topological polar surface area (TPSA) is 76.6 Å². The van der Waals surface area contributed by atoms with E-state index >= 15 is 0 Å². The van der Waals surface area contributed by atoms with E-state index < -0.39 is 0 Å². The van der Waals surface area contributed by atoms with Crippen LogP contribution in [-0.2, 0) is 11.3 Å². The molecule has 158 valence electrons. The van der Waals surface area contributed by atoms with E-state index in [1.54, 1.807) is 21.3 Å². The van der Waals surface area contributed by atoms with E-state index in [0.29, 0.717) is 29.8 Å². The minimum Gasteiger partial charge on any atom is -0.493 e. The van der Waals surface area contributed by atoms with Crippen molar-refractivity contribution in [3.8, 4) is 17.2 Å². The molecule has 0 radical (unpaired) electrons. The molecule has 1 aromatic carbocycles. The molecule has 1 saturated heterocycles. The highest BCUT2D eigenvalue weighted by Gasteiger charge is 2.18. The Morgan fingerprint density at radius 1 is 1.11 bits per heavy atom. The van der Waals surface area contributed by atoms with Crippen molar-refractivity contribution in [3.05, 3.63) is 17.7 Å². The Morgan fingerprint density at radius 3 is 2.43 bits per heavy atom. The molecule has 1 unspecified atom stereocenters. The molecule has 1 aromatic rings. The van der Waals surface area contributed by atoms with Gasteiger partial charge in [0.2, 0.25) is 5.75 Å². The van der Waals surface area contributed by atoms with Crippen LogP contribution in [0.25, 0.3) is 0 Å². The highest BCUT2D eigenvalue weighted by Crippen LogP contribution is 2.39. The lowest BCUT2D eigenvalue weighted by Gasteiger charge is -2.32. The van der Waals surface area contributed by atoms with E-state index in [4.69, 9.17) is 23.9 Å². The van der Waals surface area contributed by atoms with Gasteiger partial charge in [0.05, 0.1) is 41.1 Å². The first-order valence-electron chi connectivity index (χ1n) is 9.76. The average Bonchev–Trinajstić information content (AvgIpc) is 2.75. The van der Waals surface area contributed by atoms with Crippen molar-refractivity contribution in [3.63, 3.8) is 0 Å². The molecular weight excluding hydrogens is 360 g/mol. The minimum atomic E-state index is 0.406. The number of guanidine groups is 1. The third-order valence-electron chi connectivity index (χ3n) is 4.77. The SMILES string of the molecule is CCNC(=NCc1ccc(OC)c(OC)c1OC)NCC(C)N1CCOCC1. The van der Waals surface area contributed by atoms with E-state index in [2.05, 4.69) is 29.4 Å². The molecule has 1 atom stereocenters. The standard InChI is InChI=1S/C20H34N4O4/c1-6-21-20(22-13-15(2)24-9-11-28-12-10-24)23-14-16-7-8-17(25-3)19(27-5)18(16)26-4/h7-8,15H,6,9-14H2,1-5H3,(H2,21,22,23). The molecule has 0 saturated carbocycles. The molecule has 8 nitrogen and oxygen atoms in total. The largest absolute Gasteiger partial charge is 0.493 e. The van der Waals surface area contributed by atoms with Gasteiger partial charge in [0.15, 0.2) is 17.5 Å². The van der Waals surface area contributed by atoms with Gasteiger partial charge in [0, 0.05) is 37.8 Å². The quantitative estimate of drug-likeness (QED) is 0.485.